The molecule has 1 aliphatic heterocycles. The van der Waals surface area contributed by atoms with Crippen molar-refractivity contribution in [2.45, 2.75) is 43.9 Å². The highest BCUT2D eigenvalue weighted by Gasteiger charge is 2.33. The molecule has 2 aromatic carbocycles. The van der Waals surface area contributed by atoms with E-state index < -0.39 is 16.0 Å². The minimum atomic E-state index is -3.97. The molecular weight excluding hydrogens is 444 g/mol. The lowest BCUT2D eigenvalue weighted by molar-refractivity contribution is 0.0696. The molecule has 2 aromatic rings. The Balaban J connectivity index is 2.23. The third-order valence-electron chi connectivity index (χ3n) is 5.64. The average molecular weight is 477 g/mol. The highest BCUT2D eigenvalue weighted by atomic mass is 32.2. The second-order valence-corrected chi connectivity index (χ2v) is 9.98. The predicted molar refractivity (Wildman–Crippen MR) is 127 cm³/mol. The van der Waals surface area contributed by atoms with Crippen molar-refractivity contribution >= 4 is 21.7 Å². The number of benzene rings is 2. The lowest BCUT2D eigenvalue weighted by Gasteiger charge is -2.29. The molecule has 9 heteroatoms. The number of aromatic carboxylic acids is 1. The molecule has 180 valence electrons. The number of unbranched alkanes of at least 4 members (excludes halogenated alkanes) is 1. The number of aliphatic hydroxyl groups excluding tert-OH is 1. The molecule has 0 bridgehead atoms. The zero-order chi connectivity index (χ0) is 23.8. The van der Waals surface area contributed by atoms with Crippen molar-refractivity contribution in [3.05, 3.63) is 48.0 Å². The van der Waals surface area contributed by atoms with Gasteiger partial charge in [0.15, 0.2) is 5.75 Å². The van der Waals surface area contributed by atoms with Crippen molar-refractivity contribution in [2.24, 2.45) is 0 Å². The maximum absolute atomic E-state index is 13.6. The van der Waals surface area contributed by atoms with Crippen molar-refractivity contribution in [3.8, 4) is 11.5 Å². The summed E-state index contributed by atoms with van der Waals surface area (Å²) in [5.74, 6) is -0.637. The van der Waals surface area contributed by atoms with Crippen LogP contribution in [0.5, 0.6) is 11.5 Å². The number of rotatable bonds is 12. The molecule has 0 aromatic heterocycles. The average Bonchev–Trinajstić information content (AvgIpc) is 3.36. The number of para-hydroxylation sites is 1. The molecule has 1 saturated heterocycles. The van der Waals surface area contributed by atoms with Gasteiger partial charge in [-0.1, -0.05) is 31.5 Å². The van der Waals surface area contributed by atoms with E-state index in [0.29, 0.717) is 44.0 Å². The second kappa shape index (κ2) is 11.5. The Kier molecular flexibility index (Phi) is 8.71. The van der Waals surface area contributed by atoms with Crippen LogP contribution in [0.15, 0.2) is 47.4 Å². The van der Waals surface area contributed by atoms with Crippen LogP contribution in [0, 0.1) is 0 Å². The zero-order valence-electron chi connectivity index (χ0n) is 18.9. The van der Waals surface area contributed by atoms with E-state index in [1.165, 1.54) is 16.4 Å². The lowest BCUT2D eigenvalue weighted by Crippen LogP contribution is -2.30. The van der Waals surface area contributed by atoms with Gasteiger partial charge < -0.3 is 19.8 Å². The largest absolute Gasteiger partial charge is 0.478 e. The Hall–Kier alpha value is -2.62. The molecule has 33 heavy (non-hydrogen) atoms. The van der Waals surface area contributed by atoms with Gasteiger partial charge in [0.1, 0.15) is 10.6 Å². The van der Waals surface area contributed by atoms with Crippen LogP contribution in [0.1, 0.15) is 49.4 Å². The van der Waals surface area contributed by atoms with Crippen molar-refractivity contribution in [3.63, 3.8) is 0 Å². The topological polar surface area (TPSA) is 107 Å². The molecular formula is C24H32N2O6S. The summed E-state index contributed by atoms with van der Waals surface area (Å²) in [6, 6.07) is 11.5. The number of carboxylic acid groups (broad SMARTS) is 1. The van der Waals surface area contributed by atoms with Gasteiger partial charge in [-0.3, -0.25) is 0 Å². The molecule has 1 fully saturated rings. The van der Waals surface area contributed by atoms with Gasteiger partial charge in [0.05, 0.1) is 11.3 Å². The van der Waals surface area contributed by atoms with Crippen LogP contribution < -0.4 is 9.64 Å². The molecule has 1 aliphatic rings. The molecule has 1 heterocycles. The number of nitrogens with zero attached hydrogens (tertiary/aromatic N) is 2. The van der Waals surface area contributed by atoms with Gasteiger partial charge in [0.2, 0.25) is 10.0 Å². The third kappa shape index (κ3) is 6.04. The smallest absolute Gasteiger partial charge is 0.335 e. The summed E-state index contributed by atoms with van der Waals surface area (Å²) in [5, 5.41) is 19.2. The van der Waals surface area contributed by atoms with Gasteiger partial charge in [-0.2, -0.15) is 4.31 Å². The van der Waals surface area contributed by atoms with Gasteiger partial charge in [-0.15, -0.1) is 0 Å². The quantitative estimate of drug-likeness (QED) is 0.478. The molecule has 0 aliphatic carbocycles. The highest BCUT2D eigenvalue weighted by molar-refractivity contribution is 7.89. The number of carboxylic acids is 1. The SMILES string of the molecule is CCCCN(CCCO)c1cc(C(=O)O)cc(S(=O)(=O)N2CCCC2)c1Oc1ccccc1. The predicted octanol–water partition coefficient (Wildman–Crippen LogP) is 3.95. The van der Waals surface area contributed by atoms with Crippen molar-refractivity contribution in [2.75, 3.05) is 37.7 Å². The van der Waals surface area contributed by atoms with Crippen LogP contribution in [0.2, 0.25) is 0 Å². The normalized spacial score (nSPS) is 14.4. The van der Waals surface area contributed by atoms with Gasteiger partial charge >= 0.3 is 5.97 Å². The third-order valence-corrected chi connectivity index (χ3v) is 7.54. The van der Waals surface area contributed by atoms with Gasteiger partial charge in [-0.25, -0.2) is 13.2 Å². The molecule has 3 rings (SSSR count). The fraction of sp³-hybridized carbons (Fsp3) is 0.458. The Morgan fingerprint density at radius 3 is 2.36 bits per heavy atom. The highest BCUT2D eigenvalue weighted by Crippen LogP contribution is 2.41. The molecule has 8 nitrogen and oxygen atoms in total. The van der Waals surface area contributed by atoms with E-state index in [4.69, 9.17) is 4.74 Å². The Labute approximate surface area is 195 Å². The maximum atomic E-state index is 13.6. The molecule has 0 atom stereocenters. The minimum Gasteiger partial charge on any atom is -0.478 e. The Morgan fingerprint density at radius 1 is 1.09 bits per heavy atom. The maximum Gasteiger partial charge on any atom is 0.335 e. The minimum absolute atomic E-state index is 0.0327. The summed E-state index contributed by atoms with van der Waals surface area (Å²) in [6.45, 7) is 3.81. The van der Waals surface area contributed by atoms with Crippen LogP contribution in [-0.2, 0) is 10.0 Å². The summed E-state index contributed by atoms with van der Waals surface area (Å²) in [7, 11) is -3.97. The fourth-order valence-corrected chi connectivity index (χ4v) is 5.55. The number of hydrogen-bond acceptors (Lipinski definition) is 6. The molecule has 0 saturated carbocycles. The van der Waals surface area contributed by atoms with Crippen LogP contribution >= 0.6 is 0 Å². The van der Waals surface area contributed by atoms with Crippen LogP contribution in [-0.4, -0.2) is 61.7 Å². The standard InChI is InChI=1S/C24H32N2O6S/c1-2-3-12-25(13-9-16-27)21-17-19(24(28)29)18-22(33(30,31)26-14-7-8-15-26)23(21)32-20-10-5-4-6-11-20/h4-6,10-11,17-18,27H,2-3,7-9,12-16H2,1H3,(H,28,29). The first-order valence-electron chi connectivity index (χ1n) is 11.4. The molecule has 0 radical (unpaired) electrons. The van der Waals surface area contributed by atoms with Gasteiger partial charge in [-0.05, 0) is 49.9 Å². The fourth-order valence-electron chi connectivity index (χ4n) is 3.88. The number of hydrogen-bond donors (Lipinski definition) is 2. The number of aliphatic hydroxyl groups is 1. The summed E-state index contributed by atoms with van der Waals surface area (Å²) in [5.41, 5.74) is 0.284. The number of sulfonamides is 1. The van der Waals surface area contributed by atoms with Crippen LogP contribution in [0.25, 0.3) is 0 Å². The summed E-state index contributed by atoms with van der Waals surface area (Å²) in [6.07, 6.45) is 3.71. The van der Waals surface area contributed by atoms with Gasteiger partial charge in [0.25, 0.3) is 0 Å². The first-order valence-corrected chi connectivity index (χ1v) is 12.8. The van der Waals surface area contributed by atoms with E-state index in [2.05, 4.69) is 0 Å². The van der Waals surface area contributed by atoms with Gasteiger partial charge in [0, 0.05) is 32.8 Å². The monoisotopic (exact) mass is 476 g/mol. The van der Waals surface area contributed by atoms with E-state index >= 15 is 0 Å². The first-order chi connectivity index (χ1) is 15.9. The zero-order valence-corrected chi connectivity index (χ0v) is 19.8. The summed E-state index contributed by atoms with van der Waals surface area (Å²) in [4.78, 5) is 13.7. The molecule has 2 N–H and O–H groups in total. The molecule has 0 unspecified atom stereocenters. The van der Waals surface area contributed by atoms with E-state index in [9.17, 15) is 23.4 Å². The van der Waals surface area contributed by atoms with Crippen LogP contribution in [0.4, 0.5) is 5.69 Å². The van der Waals surface area contributed by atoms with E-state index in [1.807, 2.05) is 17.9 Å². The number of ether oxygens (including phenoxy) is 1. The van der Waals surface area contributed by atoms with Crippen molar-refractivity contribution in [1.82, 2.24) is 4.31 Å². The van der Waals surface area contributed by atoms with Crippen molar-refractivity contribution < 1.29 is 28.2 Å². The van der Waals surface area contributed by atoms with E-state index in [1.54, 1.807) is 24.3 Å². The Bertz CT molecular complexity index is 1030. The summed E-state index contributed by atoms with van der Waals surface area (Å²) >= 11 is 0. The summed E-state index contributed by atoms with van der Waals surface area (Å²) < 4.78 is 34.8. The lowest BCUT2D eigenvalue weighted by atomic mass is 10.1. The second-order valence-electron chi connectivity index (χ2n) is 8.07. The number of carbonyl (C=O) groups is 1. The van der Waals surface area contributed by atoms with E-state index in [-0.39, 0.29) is 22.8 Å². The molecule has 0 amide bonds. The van der Waals surface area contributed by atoms with Crippen LogP contribution in [0.3, 0.4) is 0 Å². The van der Waals surface area contributed by atoms with E-state index in [0.717, 1.165) is 25.7 Å². The Morgan fingerprint density at radius 2 is 1.76 bits per heavy atom. The first kappa shape index (κ1) is 25.0. The number of anilines is 1. The molecule has 0 spiro atoms. The van der Waals surface area contributed by atoms with Crippen molar-refractivity contribution in [1.29, 1.82) is 0 Å².